The van der Waals surface area contributed by atoms with Crippen molar-refractivity contribution in [1.82, 2.24) is 10.7 Å². The van der Waals surface area contributed by atoms with E-state index in [4.69, 9.17) is 4.74 Å². The lowest BCUT2D eigenvalue weighted by molar-refractivity contribution is -0.131. The number of para-hydroxylation sites is 2. The fourth-order valence-corrected chi connectivity index (χ4v) is 3.42. The Morgan fingerprint density at radius 2 is 1.75 bits per heavy atom. The standard InChI is InChI=1S/C23H18N4O5/c1-32-19-12-5-4-11-18(19)27-22(30)17(20(28)25-23(27)31)13-24-26-21(29)16-10-6-8-14-7-2-3-9-15(14)16/h2-13,17H,1H3,(H,26,29)(H,25,28,31)/b24-13-/t17-/m1/s1. The van der Waals surface area contributed by atoms with E-state index in [1.807, 2.05) is 30.3 Å². The zero-order valence-electron chi connectivity index (χ0n) is 16.9. The molecule has 9 nitrogen and oxygen atoms in total. The zero-order chi connectivity index (χ0) is 22.7. The number of fused-ring (bicyclic) bond motifs is 1. The lowest BCUT2D eigenvalue weighted by Gasteiger charge is -2.29. The number of nitrogens with zero attached hydrogens (tertiary/aromatic N) is 2. The van der Waals surface area contributed by atoms with Crippen LogP contribution in [0.4, 0.5) is 10.5 Å². The molecule has 0 radical (unpaired) electrons. The second-order valence-electron chi connectivity index (χ2n) is 6.86. The number of hydrogen-bond acceptors (Lipinski definition) is 6. The van der Waals surface area contributed by atoms with Gasteiger partial charge in [0.15, 0.2) is 5.92 Å². The molecular formula is C23H18N4O5. The van der Waals surface area contributed by atoms with E-state index in [-0.39, 0.29) is 11.4 Å². The van der Waals surface area contributed by atoms with Crippen LogP contribution in [0.25, 0.3) is 10.8 Å². The van der Waals surface area contributed by atoms with E-state index in [0.29, 0.717) is 5.56 Å². The molecule has 1 aliphatic heterocycles. The first-order chi connectivity index (χ1) is 15.5. The fourth-order valence-electron chi connectivity index (χ4n) is 3.42. The van der Waals surface area contributed by atoms with Crippen LogP contribution in [-0.2, 0) is 9.59 Å². The number of methoxy groups -OCH3 is 1. The Hall–Kier alpha value is -4.53. The number of ether oxygens (including phenoxy) is 1. The molecule has 1 atom stereocenters. The molecule has 1 heterocycles. The van der Waals surface area contributed by atoms with Gasteiger partial charge in [0.2, 0.25) is 5.91 Å². The van der Waals surface area contributed by atoms with Crippen molar-refractivity contribution in [3.8, 4) is 5.75 Å². The maximum absolute atomic E-state index is 12.9. The summed E-state index contributed by atoms with van der Waals surface area (Å²) in [6.07, 6.45) is 0.996. The molecule has 2 N–H and O–H groups in total. The summed E-state index contributed by atoms with van der Waals surface area (Å²) in [5, 5.41) is 7.54. The smallest absolute Gasteiger partial charge is 0.335 e. The molecule has 4 rings (SSSR count). The number of rotatable bonds is 5. The second kappa shape index (κ2) is 8.68. The van der Waals surface area contributed by atoms with E-state index < -0.39 is 29.7 Å². The van der Waals surface area contributed by atoms with Crippen molar-refractivity contribution in [1.29, 1.82) is 0 Å². The Bertz CT molecular complexity index is 1260. The highest BCUT2D eigenvalue weighted by atomic mass is 16.5. The van der Waals surface area contributed by atoms with Crippen molar-refractivity contribution >= 4 is 46.4 Å². The van der Waals surface area contributed by atoms with Gasteiger partial charge in [-0.1, -0.05) is 48.5 Å². The number of amides is 5. The number of imide groups is 2. The SMILES string of the molecule is COc1ccccc1N1C(=O)NC(=O)[C@@H](/C=N\NC(=O)c2cccc3ccccc23)C1=O. The first-order valence-corrected chi connectivity index (χ1v) is 9.64. The van der Waals surface area contributed by atoms with Crippen molar-refractivity contribution in [3.63, 3.8) is 0 Å². The monoisotopic (exact) mass is 430 g/mol. The molecule has 160 valence electrons. The van der Waals surface area contributed by atoms with Crippen LogP contribution in [-0.4, -0.2) is 37.1 Å². The second-order valence-corrected chi connectivity index (χ2v) is 6.86. The van der Waals surface area contributed by atoms with Gasteiger partial charge < -0.3 is 4.74 Å². The topological polar surface area (TPSA) is 117 Å². The van der Waals surface area contributed by atoms with E-state index in [9.17, 15) is 19.2 Å². The summed E-state index contributed by atoms with van der Waals surface area (Å²) in [4.78, 5) is 50.9. The third kappa shape index (κ3) is 3.79. The lowest BCUT2D eigenvalue weighted by atomic mass is 10.0. The number of hydrogen-bond donors (Lipinski definition) is 2. The summed E-state index contributed by atoms with van der Waals surface area (Å²) in [6.45, 7) is 0. The Kier molecular flexibility index (Phi) is 5.63. The van der Waals surface area contributed by atoms with Crippen molar-refractivity contribution in [2.75, 3.05) is 12.0 Å². The van der Waals surface area contributed by atoms with Gasteiger partial charge in [-0.15, -0.1) is 0 Å². The van der Waals surface area contributed by atoms with Gasteiger partial charge in [-0.2, -0.15) is 5.10 Å². The molecule has 9 heteroatoms. The van der Waals surface area contributed by atoms with Gasteiger partial charge in [-0.05, 0) is 29.0 Å². The highest BCUT2D eigenvalue weighted by molar-refractivity contribution is 6.33. The van der Waals surface area contributed by atoms with Crippen LogP contribution in [0, 0.1) is 5.92 Å². The molecule has 1 aliphatic rings. The minimum absolute atomic E-state index is 0.184. The summed E-state index contributed by atoms with van der Waals surface area (Å²) < 4.78 is 5.20. The molecule has 3 aromatic rings. The van der Waals surface area contributed by atoms with Crippen LogP contribution < -0.4 is 20.4 Å². The summed E-state index contributed by atoms with van der Waals surface area (Å²) in [5.74, 6) is -3.28. The zero-order valence-corrected chi connectivity index (χ0v) is 16.9. The number of nitrogens with one attached hydrogen (secondary N) is 2. The van der Waals surface area contributed by atoms with E-state index in [2.05, 4.69) is 15.8 Å². The average molecular weight is 430 g/mol. The third-order valence-corrected chi connectivity index (χ3v) is 4.95. The maximum atomic E-state index is 12.9. The summed E-state index contributed by atoms with van der Waals surface area (Å²) in [6, 6.07) is 18.2. The lowest BCUT2D eigenvalue weighted by Crippen LogP contribution is -2.58. The van der Waals surface area contributed by atoms with Gasteiger partial charge in [-0.3, -0.25) is 19.7 Å². The summed E-state index contributed by atoms with van der Waals surface area (Å²) in [7, 11) is 1.40. The number of benzene rings is 3. The molecule has 0 spiro atoms. The Labute approximate surface area is 182 Å². The number of hydrazone groups is 1. The van der Waals surface area contributed by atoms with Gasteiger partial charge in [0.1, 0.15) is 5.75 Å². The number of carbonyl (C=O) groups excluding carboxylic acids is 4. The van der Waals surface area contributed by atoms with Crippen molar-refractivity contribution in [2.45, 2.75) is 0 Å². The molecular weight excluding hydrogens is 412 g/mol. The summed E-state index contributed by atoms with van der Waals surface area (Å²) >= 11 is 0. The predicted molar refractivity (Wildman–Crippen MR) is 117 cm³/mol. The number of urea groups is 1. The number of anilines is 1. The molecule has 5 amide bonds. The minimum atomic E-state index is -1.41. The van der Waals surface area contributed by atoms with E-state index in [0.717, 1.165) is 21.9 Å². The van der Waals surface area contributed by atoms with E-state index >= 15 is 0 Å². The molecule has 32 heavy (non-hydrogen) atoms. The van der Waals surface area contributed by atoms with Crippen molar-refractivity contribution in [3.05, 3.63) is 72.3 Å². The van der Waals surface area contributed by atoms with Crippen LogP contribution in [0.15, 0.2) is 71.8 Å². The molecule has 0 saturated carbocycles. The van der Waals surface area contributed by atoms with Gasteiger partial charge in [0.05, 0.1) is 12.8 Å². The first-order valence-electron chi connectivity index (χ1n) is 9.64. The average Bonchev–Trinajstić information content (AvgIpc) is 2.80. The van der Waals surface area contributed by atoms with Crippen LogP contribution >= 0.6 is 0 Å². The molecule has 3 aromatic carbocycles. The highest BCUT2D eigenvalue weighted by Gasteiger charge is 2.41. The van der Waals surface area contributed by atoms with Crippen LogP contribution in [0.1, 0.15) is 10.4 Å². The van der Waals surface area contributed by atoms with Gasteiger partial charge in [-0.25, -0.2) is 15.1 Å². The van der Waals surface area contributed by atoms with Crippen molar-refractivity contribution in [2.24, 2.45) is 11.0 Å². The van der Waals surface area contributed by atoms with Crippen molar-refractivity contribution < 1.29 is 23.9 Å². The Morgan fingerprint density at radius 1 is 1.03 bits per heavy atom. The Morgan fingerprint density at radius 3 is 2.56 bits per heavy atom. The molecule has 1 saturated heterocycles. The summed E-state index contributed by atoms with van der Waals surface area (Å²) in [5.41, 5.74) is 2.92. The predicted octanol–water partition coefficient (Wildman–Crippen LogP) is 2.46. The quantitative estimate of drug-likeness (QED) is 0.366. The molecule has 0 bridgehead atoms. The first kappa shape index (κ1) is 20.7. The molecule has 0 aromatic heterocycles. The maximum Gasteiger partial charge on any atom is 0.335 e. The fraction of sp³-hybridized carbons (Fsp3) is 0.0870. The largest absolute Gasteiger partial charge is 0.495 e. The van der Waals surface area contributed by atoms with Crippen LogP contribution in [0.3, 0.4) is 0 Å². The van der Waals surface area contributed by atoms with Crippen LogP contribution in [0.2, 0.25) is 0 Å². The van der Waals surface area contributed by atoms with Gasteiger partial charge in [0, 0.05) is 11.8 Å². The van der Waals surface area contributed by atoms with Gasteiger partial charge in [0.25, 0.3) is 11.8 Å². The Balaban J connectivity index is 1.55. The van der Waals surface area contributed by atoms with Gasteiger partial charge >= 0.3 is 6.03 Å². The highest BCUT2D eigenvalue weighted by Crippen LogP contribution is 2.30. The molecule has 0 aliphatic carbocycles. The third-order valence-electron chi connectivity index (χ3n) is 4.95. The minimum Gasteiger partial charge on any atom is -0.495 e. The van der Waals surface area contributed by atoms with E-state index in [1.165, 1.54) is 13.2 Å². The van der Waals surface area contributed by atoms with E-state index in [1.54, 1.807) is 30.3 Å². The number of carbonyl (C=O) groups is 4. The number of barbiturate groups is 1. The molecule has 0 unspecified atom stereocenters. The molecule has 1 fully saturated rings. The van der Waals surface area contributed by atoms with Crippen LogP contribution in [0.5, 0.6) is 5.75 Å². The normalized spacial score (nSPS) is 16.3.